The summed E-state index contributed by atoms with van der Waals surface area (Å²) in [5.41, 5.74) is 5.75. The fourth-order valence-corrected chi connectivity index (χ4v) is 0. The molecule has 0 saturated heterocycles. The SMILES string of the molecule is C.C.C[NH-].[CH3-].[V+2]. The minimum atomic E-state index is 0. The number of hydrogen-bond acceptors (Lipinski definition) is 0. The van der Waals surface area contributed by atoms with Gasteiger partial charge in [-0.05, 0) is 0 Å². The second kappa shape index (κ2) is 386. The Morgan fingerprint density at radius 3 is 1.00 bits per heavy atom. The van der Waals surface area contributed by atoms with E-state index in [1.54, 1.807) is 0 Å². The van der Waals surface area contributed by atoms with E-state index >= 15 is 0 Å². The van der Waals surface area contributed by atoms with Crippen molar-refractivity contribution < 1.29 is 18.6 Å². The van der Waals surface area contributed by atoms with Gasteiger partial charge in [-0.1, -0.05) is 14.9 Å². The van der Waals surface area contributed by atoms with Crippen LogP contribution in [0.15, 0.2) is 0 Å². The molecule has 0 amide bonds. The Morgan fingerprint density at radius 2 is 1.00 bits per heavy atom. The predicted octanol–water partition coefficient (Wildman–Crippen LogP) is 2.39. The van der Waals surface area contributed by atoms with Crippen LogP contribution in [0.3, 0.4) is 0 Å². The molecule has 0 aromatic heterocycles. The van der Waals surface area contributed by atoms with Crippen LogP contribution in [0.1, 0.15) is 14.9 Å². The van der Waals surface area contributed by atoms with Gasteiger partial charge in [0.1, 0.15) is 0 Å². The summed E-state index contributed by atoms with van der Waals surface area (Å²) in [7, 11) is 1.25. The Morgan fingerprint density at radius 1 is 1.00 bits per heavy atom. The Bertz CT molecular complexity index is 7.51. The molecule has 0 bridgehead atoms. The normalized spacial score (nSPS) is 1.00. The molecular weight excluding hydrogens is 113 g/mol. The fourth-order valence-electron chi connectivity index (χ4n) is 0. The van der Waals surface area contributed by atoms with Crippen LogP contribution in [0, 0.1) is 7.43 Å². The zero-order chi connectivity index (χ0) is 2.00. The standard InChI is InChI=1S/CH4N.2CH4.CH3.V/c1-2;;;;/h2H,1H3;2*1H4;1H3;/q-1;;;-1;+2. The number of nitrogens with one attached hydrogen (secondary N) is 1. The summed E-state index contributed by atoms with van der Waals surface area (Å²) >= 11 is 0. The first-order chi connectivity index (χ1) is 1.00. The average Bonchev–Trinajstić information content (AvgIpc) is 1.00. The van der Waals surface area contributed by atoms with Crippen LogP contribution in [-0.2, 0) is 18.6 Å². The van der Waals surface area contributed by atoms with Gasteiger partial charge in [-0.15, -0.1) is 0 Å². The van der Waals surface area contributed by atoms with Crippen LogP contribution in [0.2, 0.25) is 0 Å². The van der Waals surface area contributed by atoms with Crippen LogP contribution in [0.5, 0.6) is 0 Å². The van der Waals surface area contributed by atoms with Crippen molar-refractivity contribution in [3.63, 3.8) is 0 Å². The van der Waals surface area contributed by atoms with E-state index in [4.69, 9.17) is 5.73 Å². The Balaban J connectivity index is -0.000000000833. The largest absolute Gasteiger partial charge is 2.00 e. The van der Waals surface area contributed by atoms with E-state index in [1.165, 1.54) is 7.05 Å². The Hall–Kier alpha value is 0.544. The zero-order valence-electron chi connectivity index (χ0n) is 2.95. The van der Waals surface area contributed by atoms with Crippen molar-refractivity contribution in [2.24, 2.45) is 0 Å². The van der Waals surface area contributed by atoms with Gasteiger partial charge in [0.25, 0.3) is 0 Å². The van der Waals surface area contributed by atoms with E-state index in [-0.39, 0.29) is 40.8 Å². The molecule has 0 aromatic rings. The molecule has 1 radical (unpaired) electrons. The molecule has 0 spiro atoms. The molecule has 0 saturated carbocycles. The van der Waals surface area contributed by atoms with Gasteiger partial charge >= 0.3 is 18.6 Å². The third-order valence-corrected chi connectivity index (χ3v) is 0. The molecule has 0 aliphatic carbocycles. The zero-order valence-corrected chi connectivity index (χ0v) is 4.34. The second-order valence-electron chi connectivity index (χ2n) is 0. The second-order valence-corrected chi connectivity index (χ2v) is 0. The molecule has 0 aliphatic rings. The predicted molar refractivity (Wildman–Crippen MR) is 30.1 cm³/mol. The van der Waals surface area contributed by atoms with Crippen LogP contribution in [-0.4, -0.2) is 7.05 Å². The van der Waals surface area contributed by atoms with Crippen molar-refractivity contribution in [1.82, 2.24) is 0 Å². The maximum atomic E-state index is 5.75. The third-order valence-electron chi connectivity index (χ3n) is 0. The van der Waals surface area contributed by atoms with Crippen LogP contribution < -0.4 is 0 Å². The minimum Gasteiger partial charge on any atom is -0.680 e. The summed E-state index contributed by atoms with van der Waals surface area (Å²) in [6.07, 6.45) is 0. The van der Waals surface area contributed by atoms with E-state index in [1.807, 2.05) is 0 Å². The molecule has 0 heterocycles. The van der Waals surface area contributed by atoms with Crippen molar-refractivity contribution >= 4 is 0 Å². The Kier molecular flexibility index (Phi) is 5430. The minimum absolute atomic E-state index is 0. The molecule has 6 heavy (non-hydrogen) atoms. The number of hydrogen-bond donors (Lipinski definition) is 0. The smallest absolute Gasteiger partial charge is 0.680 e. The van der Waals surface area contributed by atoms with Gasteiger partial charge in [0.2, 0.25) is 0 Å². The monoisotopic (exact) mass is 128 g/mol. The Labute approximate surface area is 54.2 Å². The first-order valence-corrected chi connectivity index (χ1v) is 0.500. The van der Waals surface area contributed by atoms with E-state index in [2.05, 4.69) is 0 Å². The molecule has 0 aliphatic heterocycles. The van der Waals surface area contributed by atoms with Gasteiger partial charge in [0, 0.05) is 0 Å². The van der Waals surface area contributed by atoms with Gasteiger partial charge in [-0.25, -0.2) is 0 Å². The topological polar surface area (TPSA) is 23.8 Å². The summed E-state index contributed by atoms with van der Waals surface area (Å²) in [6.45, 7) is 0. The van der Waals surface area contributed by atoms with Gasteiger partial charge in [-0.3, -0.25) is 0 Å². The molecule has 0 unspecified atom stereocenters. The summed E-state index contributed by atoms with van der Waals surface area (Å²) in [4.78, 5) is 0. The van der Waals surface area contributed by atoms with Crippen molar-refractivity contribution in [1.29, 1.82) is 0 Å². The molecule has 41 valence electrons. The molecule has 0 fully saturated rings. The van der Waals surface area contributed by atoms with Crippen molar-refractivity contribution in [3.05, 3.63) is 13.2 Å². The van der Waals surface area contributed by atoms with E-state index < -0.39 is 0 Å². The molecule has 0 atom stereocenters. The van der Waals surface area contributed by atoms with E-state index in [0.29, 0.717) is 0 Å². The van der Waals surface area contributed by atoms with Gasteiger partial charge < -0.3 is 13.2 Å². The molecule has 1 N–H and O–H groups in total. The summed E-state index contributed by atoms with van der Waals surface area (Å²) < 4.78 is 0. The third kappa shape index (κ3) is 193. The quantitative estimate of drug-likeness (QED) is 0.447. The summed E-state index contributed by atoms with van der Waals surface area (Å²) in [6, 6.07) is 0. The maximum absolute atomic E-state index is 5.75. The first kappa shape index (κ1) is 84.3. The van der Waals surface area contributed by atoms with Gasteiger partial charge in [-0.2, -0.15) is 7.05 Å². The summed E-state index contributed by atoms with van der Waals surface area (Å²) in [5, 5.41) is 0. The van der Waals surface area contributed by atoms with Gasteiger partial charge in [0.15, 0.2) is 0 Å². The number of rotatable bonds is 0. The van der Waals surface area contributed by atoms with Crippen LogP contribution >= 0.6 is 0 Å². The average molecular weight is 128 g/mol. The van der Waals surface area contributed by atoms with Crippen LogP contribution in [0.4, 0.5) is 0 Å². The van der Waals surface area contributed by atoms with Crippen LogP contribution in [0.25, 0.3) is 5.73 Å². The summed E-state index contributed by atoms with van der Waals surface area (Å²) in [5.74, 6) is 0. The maximum Gasteiger partial charge on any atom is 2.00 e. The van der Waals surface area contributed by atoms with E-state index in [9.17, 15) is 0 Å². The molecule has 0 rings (SSSR count). The molecule has 1 nitrogen and oxygen atoms in total. The van der Waals surface area contributed by atoms with Crippen molar-refractivity contribution in [2.75, 3.05) is 7.05 Å². The van der Waals surface area contributed by atoms with Crippen molar-refractivity contribution in [3.8, 4) is 0 Å². The molecular formula is C4H15NV. The van der Waals surface area contributed by atoms with Crippen molar-refractivity contribution in [2.45, 2.75) is 14.9 Å². The first-order valence-electron chi connectivity index (χ1n) is 0.500. The molecule has 2 heteroatoms. The fraction of sp³-hybridized carbons (Fsp3) is 0.750. The molecule has 0 aromatic carbocycles. The van der Waals surface area contributed by atoms with E-state index in [0.717, 1.165) is 0 Å². The van der Waals surface area contributed by atoms with Gasteiger partial charge in [0.05, 0.1) is 0 Å².